The summed E-state index contributed by atoms with van der Waals surface area (Å²) in [6.07, 6.45) is 4.23. The molecule has 5 aliphatic rings. The molecule has 8 atom stereocenters. The van der Waals surface area contributed by atoms with Gasteiger partial charge in [0.05, 0.1) is 18.3 Å². The van der Waals surface area contributed by atoms with Crippen LogP contribution in [0.5, 0.6) is 0 Å². The van der Waals surface area contributed by atoms with Gasteiger partial charge in [0.2, 0.25) is 0 Å². The Balaban J connectivity index is 1.59. The molecule has 188 valence electrons. The molecule has 0 amide bonds. The molecule has 1 saturated heterocycles. The van der Waals surface area contributed by atoms with Crippen molar-refractivity contribution in [2.75, 3.05) is 6.61 Å². The Kier molecular flexibility index (Phi) is 5.22. The van der Waals surface area contributed by atoms with E-state index in [2.05, 4.69) is 0 Å². The summed E-state index contributed by atoms with van der Waals surface area (Å²) in [6.45, 7) is 11.0. The maximum atomic E-state index is 17.3. The van der Waals surface area contributed by atoms with Crippen LogP contribution in [0.4, 0.5) is 4.39 Å². The molecule has 5 rings (SSSR count). The third-order valence-electron chi connectivity index (χ3n) is 9.60. The fourth-order valence-corrected chi connectivity index (χ4v) is 8.16. The smallest absolute Gasteiger partial charge is 0.193 e. The lowest BCUT2D eigenvalue weighted by Gasteiger charge is -2.62. The molecule has 34 heavy (non-hydrogen) atoms. The number of hydrogen-bond acceptors (Lipinski definition) is 6. The van der Waals surface area contributed by atoms with Crippen LogP contribution in [0.15, 0.2) is 23.8 Å². The van der Waals surface area contributed by atoms with Crippen molar-refractivity contribution < 1.29 is 33.3 Å². The van der Waals surface area contributed by atoms with Crippen molar-refractivity contribution in [1.29, 1.82) is 0 Å². The summed E-state index contributed by atoms with van der Waals surface area (Å²) in [5.41, 5.74) is -4.42. The van der Waals surface area contributed by atoms with Gasteiger partial charge in [0.15, 0.2) is 28.6 Å². The molecule has 0 aromatic heterocycles. The van der Waals surface area contributed by atoms with Crippen molar-refractivity contribution in [2.24, 2.45) is 22.7 Å². The third kappa shape index (κ3) is 2.87. The highest BCUT2D eigenvalue weighted by Gasteiger charge is 2.80. The normalized spacial score (nSPS) is 48.7. The van der Waals surface area contributed by atoms with Gasteiger partial charge in [-0.15, -0.1) is 0 Å². The number of aliphatic hydroxyl groups is 1. The molecule has 0 unspecified atom stereocenters. The Bertz CT molecular complexity index is 986. The van der Waals surface area contributed by atoms with Gasteiger partial charge in [0.25, 0.3) is 0 Å². The second kappa shape index (κ2) is 7.31. The van der Waals surface area contributed by atoms with E-state index in [-0.39, 0.29) is 36.6 Å². The Morgan fingerprint density at radius 3 is 2.65 bits per heavy atom. The average molecular weight is 477 g/mol. The van der Waals surface area contributed by atoms with E-state index >= 15 is 4.39 Å². The van der Waals surface area contributed by atoms with Crippen LogP contribution in [0, 0.1) is 22.7 Å². The standard InChI is InChI=1S/C27H37FO6/c1-15(2)32-14-21(31)27-22(33-23(3,4)34-27)12-19-18-8-7-16-11-17(29)9-10-24(16,5)26(18,28)20(30)13-25(19,27)6/h9-11,15,18-20,22,30H,7-8,12-14H2,1-6H3/t18-,19-,20-,22+,24-,25-,26-,27+/m0/s1. The van der Waals surface area contributed by atoms with E-state index < -0.39 is 46.0 Å². The number of fused-ring (bicyclic) bond motifs is 7. The lowest BCUT2D eigenvalue weighted by atomic mass is 9.44. The summed E-state index contributed by atoms with van der Waals surface area (Å²) in [6, 6.07) is 0. The molecule has 0 bridgehead atoms. The fourth-order valence-electron chi connectivity index (χ4n) is 8.16. The number of aliphatic hydroxyl groups excluding tert-OH is 1. The van der Waals surface area contributed by atoms with Crippen molar-refractivity contribution in [1.82, 2.24) is 0 Å². The van der Waals surface area contributed by atoms with Crippen LogP contribution in [0.1, 0.15) is 67.2 Å². The average Bonchev–Trinajstić information content (AvgIpc) is 3.14. The zero-order valence-electron chi connectivity index (χ0n) is 21.0. The molecule has 1 heterocycles. The number of halogens is 1. The Hall–Kier alpha value is -1.41. The number of rotatable bonds is 4. The highest BCUT2D eigenvalue weighted by Crippen LogP contribution is 2.72. The Morgan fingerprint density at radius 2 is 1.97 bits per heavy atom. The van der Waals surface area contributed by atoms with E-state index in [0.29, 0.717) is 19.3 Å². The molecule has 3 saturated carbocycles. The molecule has 4 aliphatic carbocycles. The molecule has 0 spiro atoms. The Labute approximate surface area is 200 Å². The molecular weight excluding hydrogens is 439 g/mol. The van der Waals surface area contributed by atoms with Gasteiger partial charge in [-0.05, 0) is 78.4 Å². The second-order valence-corrected chi connectivity index (χ2v) is 12.1. The molecule has 6 nitrogen and oxygen atoms in total. The van der Waals surface area contributed by atoms with Gasteiger partial charge in [0.1, 0.15) is 6.61 Å². The number of ketones is 2. The number of hydrogen-bond donors (Lipinski definition) is 1. The van der Waals surface area contributed by atoms with E-state index in [1.807, 2.05) is 20.8 Å². The third-order valence-corrected chi connectivity index (χ3v) is 9.60. The minimum Gasteiger partial charge on any atom is -0.390 e. The van der Waals surface area contributed by atoms with E-state index in [1.54, 1.807) is 26.8 Å². The predicted octanol–water partition coefficient (Wildman–Crippen LogP) is 3.85. The minimum atomic E-state index is -1.95. The number of alkyl halides is 1. The van der Waals surface area contributed by atoms with Crippen LogP contribution in [0.2, 0.25) is 0 Å². The lowest BCUT2D eigenvalue weighted by molar-refractivity contribution is -0.246. The first-order valence-electron chi connectivity index (χ1n) is 12.6. The topological polar surface area (TPSA) is 82.1 Å². The molecule has 0 aromatic carbocycles. The number of carbonyl (C=O) groups is 2. The van der Waals surface area contributed by atoms with Crippen molar-refractivity contribution in [3.8, 4) is 0 Å². The van der Waals surface area contributed by atoms with E-state index in [9.17, 15) is 14.7 Å². The minimum absolute atomic E-state index is 0.0681. The Morgan fingerprint density at radius 1 is 1.26 bits per heavy atom. The summed E-state index contributed by atoms with van der Waals surface area (Å²) >= 11 is 0. The van der Waals surface area contributed by atoms with Crippen molar-refractivity contribution >= 4 is 11.6 Å². The SMILES string of the molecule is CC(C)OCC(=O)[C@@]12OC(C)(C)O[C@@H]1C[C@H]1[C@@H]3CCC4=CC(=O)C=C[C@]4(C)[C@@]3(F)[C@@H](O)C[C@@]12C. The highest BCUT2D eigenvalue weighted by molar-refractivity contribution is 6.01. The lowest BCUT2D eigenvalue weighted by Crippen LogP contribution is -2.70. The maximum Gasteiger partial charge on any atom is 0.193 e. The zero-order chi connectivity index (χ0) is 24.9. The molecule has 1 aliphatic heterocycles. The van der Waals surface area contributed by atoms with Gasteiger partial charge in [-0.1, -0.05) is 18.6 Å². The number of ether oxygens (including phenoxy) is 3. The summed E-state index contributed by atoms with van der Waals surface area (Å²) in [5, 5.41) is 11.6. The van der Waals surface area contributed by atoms with Crippen LogP contribution in [-0.4, -0.2) is 58.6 Å². The fraction of sp³-hybridized carbons (Fsp3) is 0.778. The number of Topliss-reactive ketones (excluding diaryl/α,β-unsaturated/α-hetero) is 1. The van der Waals surface area contributed by atoms with Gasteiger partial charge in [-0.3, -0.25) is 9.59 Å². The molecule has 4 fully saturated rings. The van der Waals surface area contributed by atoms with Gasteiger partial charge < -0.3 is 19.3 Å². The van der Waals surface area contributed by atoms with E-state index in [4.69, 9.17) is 14.2 Å². The summed E-state index contributed by atoms with van der Waals surface area (Å²) < 4.78 is 35.8. The van der Waals surface area contributed by atoms with Gasteiger partial charge in [0, 0.05) is 16.7 Å². The maximum absolute atomic E-state index is 17.3. The van der Waals surface area contributed by atoms with Crippen LogP contribution < -0.4 is 0 Å². The molecule has 0 radical (unpaired) electrons. The molecule has 7 heteroatoms. The molecule has 0 aromatic rings. The van der Waals surface area contributed by atoms with Crippen molar-refractivity contribution in [3.05, 3.63) is 23.8 Å². The van der Waals surface area contributed by atoms with Gasteiger partial charge in [-0.25, -0.2) is 4.39 Å². The summed E-state index contributed by atoms with van der Waals surface area (Å²) in [5.74, 6) is -2.04. The van der Waals surface area contributed by atoms with Crippen molar-refractivity contribution in [3.63, 3.8) is 0 Å². The first kappa shape index (κ1) is 24.3. The van der Waals surface area contributed by atoms with Gasteiger partial charge in [-0.2, -0.15) is 0 Å². The van der Waals surface area contributed by atoms with Crippen LogP contribution in [-0.2, 0) is 23.8 Å². The first-order chi connectivity index (χ1) is 15.7. The predicted molar refractivity (Wildman–Crippen MR) is 123 cm³/mol. The monoisotopic (exact) mass is 476 g/mol. The first-order valence-corrected chi connectivity index (χ1v) is 12.6. The van der Waals surface area contributed by atoms with Crippen LogP contribution >= 0.6 is 0 Å². The highest BCUT2D eigenvalue weighted by atomic mass is 19.1. The van der Waals surface area contributed by atoms with Crippen LogP contribution in [0.3, 0.4) is 0 Å². The zero-order valence-corrected chi connectivity index (χ0v) is 21.0. The largest absolute Gasteiger partial charge is 0.390 e. The van der Waals surface area contributed by atoms with Crippen molar-refractivity contribution in [2.45, 2.75) is 103 Å². The summed E-state index contributed by atoms with van der Waals surface area (Å²) in [7, 11) is 0. The molecular formula is C27H37FO6. The van der Waals surface area contributed by atoms with Gasteiger partial charge >= 0.3 is 0 Å². The number of allylic oxidation sites excluding steroid dienone is 4. The quantitative estimate of drug-likeness (QED) is 0.664. The van der Waals surface area contributed by atoms with Crippen LogP contribution in [0.25, 0.3) is 0 Å². The van der Waals surface area contributed by atoms with E-state index in [0.717, 1.165) is 5.57 Å². The van der Waals surface area contributed by atoms with E-state index in [1.165, 1.54) is 12.2 Å². The molecule has 1 N–H and O–H groups in total. The number of carbonyl (C=O) groups excluding carboxylic acids is 2. The second-order valence-electron chi connectivity index (χ2n) is 12.1. The summed E-state index contributed by atoms with van der Waals surface area (Å²) in [4.78, 5) is 25.8.